The number of nitrogens with zero attached hydrogens (tertiary/aromatic N) is 1. The molecule has 2 aromatic carbocycles. The third kappa shape index (κ3) is 9.02. The molecular formula is C23H33N3O2. The second-order valence-corrected chi connectivity index (χ2v) is 6.43. The van der Waals surface area contributed by atoms with Crippen molar-refractivity contribution in [3.8, 4) is 0 Å². The first kappa shape index (κ1) is 21.9. The van der Waals surface area contributed by atoms with Crippen LogP contribution in [0.4, 0.5) is 0 Å². The normalized spacial score (nSPS) is 11.4. The Hall–Kier alpha value is -2.37. The molecule has 0 heterocycles. The van der Waals surface area contributed by atoms with E-state index in [1.807, 2.05) is 13.0 Å². The molecule has 0 spiro atoms. The lowest BCUT2D eigenvalue weighted by molar-refractivity contribution is 0.0453. The van der Waals surface area contributed by atoms with Crippen LogP contribution in [0.1, 0.15) is 30.5 Å². The van der Waals surface area contributed by atoms with Crippen molar-refractivity contribution in [2.75, 3.05) is 32.9 Å². The number of rotatable bonds is 12. The van der Waals surface area contributed by atoms with Crippen LogP contribution < -0.4 is 10.6 Å². The first-order valence-electron chi connectivity index (χ1n) is 10.1. The van der Waals surface area contributed by atoms with Gasteiger partial charge in [0.15, 0.2) is 5.96 Å². The van der Waals surface area contributed by atoms with Gasteiger partial charge in [0.05, 0.1) is 26.4 Å². The number of nitrogens with one attached hydrogen (secondary N) is 2. The Kier molecular flexibility index (Phi) is 10.8. The van der Waals surface area contributed by atoms with Crippen molar-refractivity contribution < 1.29 is 9.47 Å². The molecule has 5 nitrogen and oxygen atoms in total. The van der Waals surface area contributed by atoms with Gasteiger partial charge in [0.25, 0.3) is 0 Å². The molecule has 0 amide bonds. The van der Waals surface area contributed by atoms with Crippen LogP contribution in [0.25, 0.3) is 0 Å². The molecule has 0 unspecified atom stereocenters. The smallest absolute Gasteiger partial charge is 0.191 e. The zero-order valence-electron chi connectivity index (χ0n) is 17.1. The third-order valence-electron chi connectivity index (χ3n) is 4.15. The second-order valence-electron chi connectivity index (χ2n) is 6.43. The Labute approximate surface area is 169 Å². The SMILES string of the molecule is CCNC(=NCc1cccc(COCCOCC)c1)NCCc1ccccc1. The monoisotopic (exact) mass is 383 g/mol. The van der Waals surface area contributed by atoms with E-state index < -0.39 is 0 Å². The number of aliphatic imine (C=N–C) groups is 1. The molecule has 2 aromatic rings. The number of benzene rings is 2. The van der Waals surface area contributed by atoms with Crippen LogP contribution in [0.15, 0.2) is 59.6 Å². The summed E-state index contributed by atoms with van der Waals surface area (Å²) in [6.07, 6.45) is 0.972. The number of hydrogen-bond acceptors (Lipinski definition) is 3. The van der Waals surface area contributed by atoms with Crippen molar-refractivity contribution in [3.05, 3.63) is 71.3 Å². The lowest BCUT2D eigenvalue weighted by Crippen LogP contribution is -2.38. The lowest BCUT2D eigenvalue weighted by Gasteiger charge is -2.11. The van der Waals surface area contributed by atoms with E-state index in [0.717, 1.165) is 37.6 Å². The van der Waals surface area contributed by atoms with E-state index in [0.29, 0.717) is 26.4 Å². The van der Waals surface area contributed by atoms with Gasteiger partial charge in [-0.1, -0.05) is 54.6 Å². The topological polar surface area (TPSA) is 54.9 Å². The van der Waals surface area contributed by atoms with Crippen LogP contribution in [0, 0.1) is 0 Å². The fourth-order valence-electron chi connectivity index (χ4n) is 2.75. The molecule has 0 aromatic heterocycles. The highest BCUT2D eigenvalue weighted by molar-refractivity contribution is 5.79. The Bertz CT molecular complexity index is 689. The number of ether oxygens (including phenoxy) is 2. The zero-order chi connectivity index (χ0) is 19.9. The van der Waals surface area contributed by atoms with Gasteiger partial charge in [-0.05, 0) is 37.0 Å². The van der Waals surface area contributed by atoms with E-state index in [1.54, 1.807) is 0 Å². The van der Waals surface area contributed by atoms with Gasteiger partial charge in [0, 0.05) is 19.7 Å². The maximum absolute atomic E-state index is 5.65. The van der Waals surface area contributed by atoms with Crippen LogP contribution >= 0.6 is 0 Å². The lowest BCUT2D eigenvalue weighted by atomic mass is 10.1. The highest BCUT2D eigenvalue weighted by Gasteiger charge is 2.00. The van der Waals surface area contributed by atoms with E-state index >= 15 is 0 Å². The number of guanidine groups is 1. The minimum atomic E-state index is 0.597. The average Bonchev–Trinajstić information content (AvgIpc) is 2.73. The summed E-state index contributed by atoms with van der Waals surface area (Å²) in [5, 5.41) is 6.72. The third-order valence-corrected chi connectivity index (χ3v) is 4.15. The summed E-state index contributed by atoms with van der Waals surface area (Å²) in [6.45, 7) is 8.97. The zero-order valence-corrected chi connectivity index (χ0v) is 17.1. The Morgan fingerprint density at radius 1 is 0.857 bits per heavy atom. The molecule has 0 fully saturated rings. The van der Waals surface area contributed by atoms with Crippen molar-refractivity contribution in [3.63, 3.8) is 0 Å². The maximum atomic E-state index is 5.65. The van der Waals surface area contributed by atoms with Gasteiger partial charge in [0.1, 0.15) is 0 Å². The van der Waals surface area contributed by atoms with Crippen molar-refractivity contribution in [1.29, 1.82) is 0 Å². The van der Waals surface area contributed by atoms with E-state index in [1.165, 1.54) is 11.1 Å². The first-order chi connectivity index (χ1) is 13.8. The van der Waals surface area contributed by atoms with Crippen LogP contribution in [-0.2, 0) is 29.0 Å². The molecular weight excluding hydrogens is 350 g/mol. The van der Waals surface area contributed by atoms with Gasteiger partial charge in [0.2, 0.25) is 0 Å². The predicted molar refractivity (Wildman–Crippen MR) is 116 cm³/mol. The van der Waals surface area contributed by atoms with Gasteiger partial charge < -0.3 is 20.1 Å². The highest BCUT2D eigenvalue weighted by Crippen LogP contribution is 2.08. The van der Waals surface area contributed by atoms with Crippen molar-refractivity contribution in [1.82, 2.24) is 10.6 Å². The maximum Gasteiger partial charge on any atom is 0.191 e. The largest absolute Gasteiger partial charge is 0.379 e. The summed E-state index contributed by atoms with van der Waals surface area (Å²) >= 11 is 0. The van der Waals surface area contributed by atoms with Crippen molar-refractivity contribution in [2.45, 2.75) is 33.4 Å². The molecule has 152 valence electrons. The Morgan fingerprint density at radius 3 is 2.39 bits per heavy atom. The van der Waals surface area contributed by atoms with E-state index in [4.69, 9.17) is 14.5 Å². The van der Waals surface area contributed by atoms with Crippen molar-refractivity contribution >= 4 is 5.96 Å². The fourth-order valence-corrected chi connectivity index (χ4v) is 2.75. The van der Waals surface area contributed by atoms with Crippen LogP contribution in [0.3, 0.4) is 0 Å². The molecule has 0 saturated carbocycles. The molecule has 28 heavy (non-hydrogen) atoms. The van der Waals surface area contributed by atoms with Gasteiger partial charge in [-0.3, -0.25) is 0 Å². The molecule has 0 atom stereocenters. The number of hydrogen-bond donors (Lipinski definition) is 2. The summed E-state index contributed by atoms with van der Waals surface area (Å²) in [6, 6.07) is 18.9. The van der Waals surface area contributed by atoms with E-state index in [9.17, 15) is 0 Å². The molecule has 5 heteroatoms. The second kappa shape index (κ2) is 13.7. The minimum Gasteiger partial charge on any atom is -0.379 e. The Balaban J connectivity index is 1.81. The van der Waals surface area contributed by atoms with Gasteiger partial charge >= 0.3 is 0 Å². The molecule has 0 radical (unpaired) electrons. The van der Waals surface area contributed by atoms with E-state index in [2.05, 4.69) is 66.1 Å². The summed E-state index contributed by atoms with van der Waals surface area (Å²) in [4.78, 5) is 4.71. The Morgan fingerprint density at radius 2 is 1.61 bits per heavy atom. The van der Waals surface area contributed by atoms with Crippen molar-refractivity contribution in [2.24, 2.45) is 4.99 Å². The fraction of sp³-hybridized carbons (Fsp3) is 0.435. The van der Waals surface area contributed by atoms with Crippen LogP contribution in [-0.4, -0.2) is 38.9 Å². The highest BCUT2D eigenvalue weighted by atomic mass is 16.5. The molecule has 0 aliphatic rings. The summed E-state index contributed by atoms with van der Waals surface area (Å²) in [5.41, 5.74) is 3.65. The average molecular weight is 384 g/mol. The van der Waals surface area contributed by atoms with Crippen LogP contribution in [0.2, 0.25) is 0 Å². The molecule has 0 aliphatic heterocycles. The quantitative estimate of drug-likeness (QED) is 0.334. The van der Waals surface area contributed by atoms with Gasteiger partial charge in [-0.2, -0.15) is 0 Å². The molecule has 0 aliphatic carbocycles. The molecule has 2 rings (SSSR count). The van der Waals surface area contributed by atoms with Crippen LogP contribution in [0.5, 0.6) is 0 Å². The summed E-state index contributed by atoms with van der Waals surface area (Å²) in [5.74, 6) is 0.844. The van der Waals surface area contributed by atoms with Gasteiger partial charge in [-0.15, -0.1) is 0 Å². The van der Waals surface area contributed by atoms with Gasteiger partial charge in [-0.25, -0.2) is 4.99 Å². The predicted octanol–water partition coefficient (Wildman–Crippen LogP) is 3.54. The molecule has 0 bridgehead atoms. The summed E-state index contributed by atoms with van der Waals surface area (Å²) in [7, 11) is 0. The summed E-state index contributed by atoms with van der Waals surface area (Å²) < 4.78 is 10.9. The molecule has 0 saturated heterocycles. The standard InChI is InChI=1S/C23H33N3O2/c1-3-24-23(25-14-13-20-9-6-5-7-10-20)26-18-21-11-8-12-22(17-21)19-28-16-15-27-4-2/h5-12,17H,3-4,13-16,18-19H2,1-2H3,(H2,24,25,26). The molecule has 2 N–H and O–H groups in total. The minimum absolute atomic E-state index is 0.597. The first-order valence-corrected chi connectivity index (χ1v) is 10.1. The van der Waals surface area contributed by atoms with E-state index in [-0.39, 0.29) is 0 Å².